The van der Waals surface area contributed by atoms with Crippen molar-refractivity contribution >= 4 is 17.7 Å². The van der Waals surface area contributed by atoms with E-state index in [2.05, 4.69) is 10.2 Å². The van der Waals surface area contributed by atoms with E-state index in [9.17, 15) is 9.18 Å². The summed E-state index contributed by atoms with van der Waals surface area (Å²) >= 11 is 1.20. The summed E-state index contributed by atoms with van der Waals surface area (Å²) in [5.41, 5.74) is 0.659. The van der Waals surface area contributed by atoms with Crippen LogP contribution in [0.2, 0.25) is 0 Å². The first kappa shape index (κ1) is 14.3. The number of nitrogens with zero attached hydrogens (tertiary/aromatic N) is 4. The number of carbonyl (C=O) groups excluding carboxylic acids is 1. The molecule has 2 aromatic rings. The summed E-state index contributed by atoms with van der Waals surface area (Å²) in [4.78, 5) is 13.0. The first-order valence-corrected chi connectivity index (χ1v) is 6.77. The molecule has 8 heteroatoms. The molecule has 0 unspecified atom stereocenters. The van der Waals surface area contributed by atoms with Crippen LogP contribution in [-0.2, 0) is 4.79 Å². The molecule has 0 spiro atoms. The number of hydrogen-bond donors (Lipinski definition) is 1. The number of nitrogens with two attached hydrogens (primary N) is 1. The number of aromatic nitrogens is 3. The van der Waals surface area contributed by atoms with Crippen LogP contribution in [0.5, 0.6) is 0 Å². The molecule has 0 saturated heterocycles. The SMILES string of the molecule is CN(C)C(=O)CSc1nnc(-c2ccc(F)cc2)n1N. The van der Waals surface area contributed by atoms with E-state index in [1.807, 2.05) is 0 Å². The zero-order valence-corrected chi connectivity index (χ0v) is 11.9. The molecule has 2 N–H and O–H groups in total. The highest BCUT2D eigenvalue weighted by Gasteiger charge is 2.14. The molecule has 0 atom stereocenters. The molecule has 106 valence electrons. The van der Waals surface area contributed by atoms with E-state index in [0.717, 1.165) is 0 Å². The molecule has 1 aromatic carbocycles. The predicted octanol–water partition coefficient (Wildman–Crippen LogP) is 0.978. The Hall–Kier alpha value is -2.09. The fourth-order valence-electron chi connectivity index (χ4n) is 1.43. The Labute approximate surface area is 119 Å². The van der Waals surface area contributed by atoms with Gasteiger partial charge in [0.1, 0.15) is 5.82 Å². The summed E-state index contributed by atoms with van der Waals surface area (Å²) in [6, 6.07) is 5.79. The molecular formula is C12H14FN5OS. The van der Waals surface area contributed by atoms with Gasteiger partial charge in [-0.05, 0) is 24.3 Å². The van der Waals surface area contributed by atoms with Gasteiger partial charge < -0.3 is 10.7 Å². The molecule has 0 aliphatic heterocycles. The maximum absolute atomic E-state index is 12.9. The largest absolute Gasteiger partial charge is 0.348 e. The lowest BCUT2D eigenvalue weighted by Crippen LogP contribution is -2.24. The minimum Gasteiger partial charge on any atom is -0.348 e. The third-order valence-corrected chi connectivity index (χ3v) is 3.52. The van der Waals surface area contributed by atoms with Crippen LogP contribution in [-0.4, -0.2) is 45.5 Å². The second-order valence-electron chi connectivity index (χ2n) is 4.26. The summed E-state index contributed by atoms with van der Waals surface area (Å²) in [5.74, 6) is 6.17. The predicted molar refractivity (Wildman–Crippen MR) is 75.0 cm³/mol. The lowest BCUT2D eigenvalue weighted by Gasteiger charge is -2.09. The van der Waals surface area contributed by atoms with E-state index in [-0.39, 0.29) is 17.5 Å². The highest BCUT2D eigenvalue weighted by atomic mass is 32.2. The Morgan fingerprint density at radius 3 is 2.60 bits per heavy atom. The van der Waals surface area contributed by atoms with Crippen molar-refractivity contribution < 1.29 is 9.18 Å². The Morgan fingerprint density at radius 1 is 1.35 bits per heavy atom. The topological polar surface area (TPSA) is 77.0 Å². The number of amides is 1. The van der Waals surface area contributed by atoms with E-state index in [1.165, 1.54) is 33.5 Å². The molecular weight excluding hydrogens is 281 g/mol. The second kappa shape index (κ2) is 5.91. The third kappa shape index (κ3) is 3.08. The number of halogens is 1. The fourth-order valence-corrected chi connectivity index (χ4v) is 2.26. The molecule has 1 heterocycles. The summed E-state index contributed by atoms with van der Waals surface area (Å²) < 4.78 is 14.2. The number of nitrogen functional groups attached to an aromatic ring is 1. The van der Waals surface area contributed by atoms with Gasteiger partial charge in [0.2, 0.25) is 11.1 Å². The van der Waals surface area contributed by atoms with Crippen LogP contribution >= 0.6 is 11.8 Å². The zero-order valence-electron chi connectivity index (χ0n) is 11.1. The van der Waals surface area contributed by atoms with Gasteiger partial charge in [0.25, 0.3) is 0 Å². The first-order chi connectivity index (χ1) is 9.49. The van der Waals surface area contributed by atoms with Crippen molar-refractivity contribution in [1.82, 2.24) is 19.8 Å². The van der Waals surface area contributed by atoms with Gasteiger partial charge in [-0.15, -0.1) is 10.2 Å². The van der Waals surface area contributed by atoms with E-state index < -0.39 is 0 Å². The molecule has 1 amide bonds. The van der Waals surface area contributed by atoms with Crippen LogP contribution in [0.3, 0.4) is 0 Å². The molecule has 0 radical (unpaired) electrons. The number of carbonyl (C=O) groups is 1. The standard InChI is InChI=1S/C12H14FN5OS/c1-17(2)10(19)7-20-12-16-15-11(18(12)14)8-3-5-9(13)6-4-8/h3-6H,7,14H2,1-2H3. The van der Waals surface area contributed by atoms with Crippen molar-refractivity contribution in [3.8, 4) is 11.4 Å². The molecule has 0 aliphatic rings. The molecule has 0 bridgehead atoms. The summed E-state index contributed by atoms with van der Waals surface area (Å²) in [5, 5.41) is 8.32. The molecule has 0 fully saturated rings. The van der Waals surface area contributed by atoms with Crippen LogP contribution < -0.4 is 5.84 Å². The van der Waals surface area contributed by atoms with Gasteiger partial charge in [-0.1, -0.05) is 11.8 Å². The number of benzene rings is 1. The van der Waals surface area contributed by atoms with Gasteiger partial charge in [-0.3, -0.25) is 4.79 Å². The normalized spacial score (nSPS) is 10.6. The maximum atomic E-state index is 12.9. The van der Waals surface area contributed by atoms with Gasteiger partial charge in [-0.2, -0.15) is 0 Å². The maximum Gasteiger partial charge on any atom is 0.232 e. The minimum absolute atomic E-state index is 0.0404. The number of thioether (sulfide) groups is 1. The van der Waals surface area contributed by atoms with Crippen molar-refractivity contribution in [2.45, 2.75) is 5.16 Å². The quantitative estimate of drug-likeness (QED) is 0.672. The average molecular weight is 295 g/mol. The van der Waals surface area contributed by atoms with Gasteiger partial charge >= 0.3 is 0 Å². The second-order valence-corrected chi connectivity index (χ2v) is 5.20. The molecule has 20 heavy (non-hydrogen) atoms. The number of hydrogen-bond acceptors (Lipinski definition) is 5. The molecule has 2 rings (SSSR count). The Kier molecular flexibility index (Phi) is 4.23. The zero-order chi connectivity index (χ0) is 14.7. The van der Waals surface area contributed by atoms with E-state index >= 15 is 0 Å². The lowest BCUT2D eigenvalue weighted by atomic mass is 10.2. The van der Waals surface area contributed by atoms with Gasteiger partial charge in [0.05, 0.1) is 5.75 Å². The highest BCUT2D eigenvalue weighted by Crippen LogP contribution is 2.21. The van der Waals surface area contributed by atoms with E-state index in [0.29, 0.717) is 16.5 Å². The van der Waals surface area contributed by atoms with Crippen LogP contribution in [0, 0.1) is 5.82 Å². The van der Waals surface area contributed by atoms with Crippen LogP contribution in [0.25, 0.3) is 11.4 Å². The minimum atomic E-state index is -0.331. The lowest BCUT2D eigenvalue weighted by molar-refractivity contribution is -0.125. The van der Waals surface area contributed by atoms with Crippen LogP contribution in [0.4, 0.5) is 4.39 Å². The van der Waals surface area contributed by atoms with Crippen molar-refractivity contribution in [3.05, 3.63) is 30.1 Å². The number of rotatable bonds is 4. The first-order valence-electron chi connectivity index (χ1n) is 5.78. The molecule has 1 aromatic heterocycles. The van der Waals surface area contributed by atoms with Crippen molar-refractivity contribution in [2.24, 2.45) is 0 Å². The van der Waals surface area contributed by atoms with Gasteiger partial charge in [-0.25, -0.2) is 9.07 Å². The Morgan fingerprint density at radius 2 is 2.00 bits per heavy atom. The van der Waals surface area contributed by atoms with Gasteiger partial charge in [0.15, 0.2) is 5.82 Å². The molecule has 0 saturated carbocycles. The van der Waals surface area contributed by atoms with Gasteiger partial charge in [0, 0.05) is 19.7 Å². The smallest absolute Gasteiger partial charge is 0.232 e. The Balaban J connectivity index is 2.15. The Bertz CT molecular complexity index is 611. The fraction of sp³-hybridized carbons (Fsp3) is 0.250. The van der Waals surface area contributed by atoms with Crippen LogP contribution in [0.1, 0.15) is 0 Å². The van der Waals surface area contributed by atoms with E-state index in [1.54, 1.807) is 26.2 Å². The molecule has 6 nitrogen and oxygen atoms in total. The summed E-state index contributed by atoms with van der Waals surface area (Å²) in [7, 11) is 3.36. The van der Waals surface area contributed by atoms with Crippen molar-refractivity contribution in [2.75, 3.05) is 25.7 Å². The average Bonchev–Trinajstić information content (AvgIpc) is 2.78. The summed E-state index contributed by atoms with van der Waals surface area (Å²) in [6.45, 7) is 0. The summed E-state index contributed by atoms with van der Waals surface area (Å²) in [6.07, 6.45) is 0. The van der Waals surface area contributed by atoms with Crippen molar-refractivity contribution in [1.29, 1.82) is 0 Å². The monoisotopic (exact) mass is 295 g/mol. The van der Waals surface area contributed by atoms with E-state index in [4.69, 9.17) is 5.84 Å². The highest BCUT2D eigenvalue weighted by molar-refractivity contribution is 7.99. The van der Waals surface area contributed by atoms with Crippen LogP contribution in [0.15, 0.2) is 29.4 Å². The third-order valence-electron chi connectivity index (χ3n) is 2.59. The molecule has 0 aliphatic carbocycles. The van der Waals surface area contributed by atoms with Crippen molar-refractivity contribution in [3.63, 3.8) is 0 Å².